The fraction of sp³-hybridized carbons (Fsp3) is 0.600. The smallest absolute Gasteiger partial charge is 0.343 e. The molecule has 4 rings (SSSR count). The van der Waals surface area contributed by atoms with Gasteiger partial charge in [0.25, 0.3) is 0 Å². The summed E-state index contributed by atoms with van der Waals surface area (Å²) in [5, 5.41) is 0. The largest absolute Gasteiger partial charge is 0.465 e. The number of fused-ring (bicyclic) bond motifs is 3. The minimum Gasteiger partial charge on any atom is -0.465 e. The van der Waals surface area contributed by atoms with E-state index in [2.05, 4.69) is 0 Å². The summed E-state index contributed by atoms with van der Waals surface area (Å²) in [4.78, 5) is 25.0. The van der Waals surface area contributed by atoms with Gasteiger partial charge in [-0.25, -0.2) is 9.59 Å². The number of carbonyl (C=O) groups excluding carboxylic acids is 2. The van der Waals surface area contributed by atoms with Gasteiger partial charge in [0.1, 0.15) is 29.6 Å². The summed E-state index contributed by atoms with van der Waals surface area (Å²) in [6, 6.07) is 6.29. The molecule has 29 heavy (non-hydrogen) atoms. The standard InChI is InChI=1S/C20H24O9/c1-19(2)26-12-13(27-19)15-18(29-20(3,4)28-15)25-14(12)17(22)24-11-9-7-6-8-10(11)16(21)23-5/h6-9,12-15,18H,1-5H3/t12-,13+,14+,15+,18-/m0/s1. The molecule has 0 radical (unpaired) electrons. The maximum absolute atomic E-state index is 13.0. The first kappa shape index (κ1) is 20.2. The van der Waals surface area contributed by atoms with Gasteiger partial charge in [-0.2, -0.15) is 0 Å². The summed E-state index contributed by atoms with van der Waals surface area (Å²) in [5.74, 6) is -3.12. The SMILES string of the molecule is COC(=O)c1ccccc1OC(=O)[C@@H]1O[C@H]2OC(C)(C)O[C@@H]2[C@@H]2OC(C)(C)O[C@@H]21. The molecule has 0 unspecified atom stereocenters. The molecule has 9 heteroatoms. The normalized spacial score (nSPS) is 34.2. The molecule has 9 nitrogen and oxygen atoms in total. The topological polar surface area (TPSA) is 98.8 Å². The fourth-order valence-corrected chi connectivity index (χ4v) is 3.80. The minimum atomic E-state index is -1.13. The number of rotatable bonds is 3. The second-order valence-corrected chi connectivity index (χ2v) is 8.00. The number of benzene rings is 1. The van der Waals surface area contributed by atoms with Gasteiger partial charge in [0.15, 0.2) is 24.0 Å². The Labute approximate surface area is 168 Å². The van der Waals surface area contributed by atoms with Crippen LogP contribution in [0.1, 0.15) is 38.1 Å². The molecule has 0 saturated carbocycles. The lowest BCUT2D eigenvalue weighted by Gasteiger charge is -2.35. The third-order valence-corrected chi connectivity index (χ3v) is 4.89. The molecule has 3 fully saturated rings. The second-order valence-electron chi connectivity index (χ2n) is 8.00. The van der Waals surface area contributed by atoms with E-state index < -0.39 is 54.2 Å². The van der Waals surface area contributed by atoms with Crippen molar-refractivity contribution in [2.75, 3.05) is 7.11 Å². The van der Waals surface area contributed by atoms with Gasteiger partial charge in [0, 0.05) is 0 Å². The molecule has 3 heterocycles. The maximum atomic E-state index is 13.0. The van der Waals surface area contributed by atoms with Crippen molar-refractivity contribution in [1.82, 2.24) is 0 Å². The Balaban J connectivity index is 1.59. The molecule has 5 atom stereocenters. The van der Waals surface area contributed by atoms with Gasteiger partial charge in [0.2, 0.25) is 0 Å². The molecule has 0 aromatic heterocycles. The third-order valence-electron chi connectivity index (χ3n) is 4.89. The molecule has 158 valence electrons. The van der Waals surface area contributed by atoms with Crippen LogP contribution in [0.5, 0.6) is 5.75 Å². The highest BCUT2D eigenvalue weighted by molar-refractivity contribution is 5.93. The third kappa shape index (κ3) is 3.76. The predicted octanol–water partition coefficient (Wildman–Crippen LogP) is 1.78. The average molecular weight is 408 g/mol. The van der Waals surface area contributed by atoms with E-state index >= 15 is 0 Å². The van der Waals surface area contributed by atoms with Crippen LogP contribution in [-0.4, -0.2) is 61.3 Å². The van der Waals surface area contributed by atoms with E-state index in [4.69, 9.17) is 33.2 Å². The number of para-hydroxylation sites is 1. The zero-order valence-corrected chi connectivity index (χ0v) is 16.9. The van der Waals surface area contributed by atoms with E-state index in [9.17, 15) is 9.59 Å². The molecule has 0 bridgehead atoms. The summed E-state index contributed by atoms with van der Waals surface area (Å²) in [6.45, 7) is 7.00. The molecule has 0 amide bonds. The summed E-state index contributed by atoms with van der Waals surface area (Å²) in [5.41, 5.74) is 0.124. The molecule has 1 aromatic carbocycles. The molecule has 3 aliphatic rings. The molecule has 1 aromatic rings. The van der Waals surface area contributed by atoms with E-state index in [1.807, 2.05) is 0 Å². The van der Waals surface area contributed by atoms with Crippen molar-refractivity contribution < 1.29 is 42.7 Å². The van der Waals surface area contributed by atoms with Crippen LogP contribution >= 0.6 is 0 Å². The number of methoxy groups -OCH3 is 1. The van der Waals surface area contributed by atoms with E-state index in [0.29, 0.717) is 0 Å². The highest BCUT2D eigenvalue weighted by Gasteiger charge is 2.62. The van der Waals surface area contributed by atoms with Gasteiger partial charge in [-0.05, 0) is 39.8 Å². The number of hydrogen-bond acceptors (Lipinski definition) is 9. The Morgan fingerprint density at radius 3 is 2.24 bits per heavy atom. The van der Waals surface area contributed by atoms with Crippen LogP contribution in [0.3, 0.4) is 0 Å². The van der Waals surface area contributed by atoms with Gasteiger partial charge in [-0.3, -0.25) is 0 Å². The highest BCUT2D eigenvalue weighted by atomic mass is 16.9. The van der Waals surface area contributed by atoms with Crippen molar-refractivity contribution in [1.29, 1.82) is 0 Å². The van der Waals surface area contributed by atoms with E-state index in [0.717, 1.165) is 0 Å². The predicted molar refractivity (Wildman–Crippen MR) is 95.9 cm³/mol. The van der Waals surface area contributed by atoms with E-state index in [1.54, 1.807) is 39.8 Å². The zero-order chi connectivity index (χ0) is 21.0. The average Bonchev–Trinajstić information content (AvgIpc) is 3.14. The maximum Gasteiger partial charge on any atom is 0.343 e. The number of hydrogen-bond donors (Lipinski definition) is 0. The summed E-state index contributed by atoms with van der Waals surface area (Å²) in [7, 11) is 1.25. The van der Waals surface area contributed by atoms with Crippen LogP contribution in [-0.2, 0) is 33.2 Å². The van der Waals surface area contributed by atoms with Gasteiger partial charge in [-0.1, -0.05) is 12.1 Å². The molecular formula is C20H24O9. The van der Waals surface area contributed by atoms with Crippen LogP contribution in [0.15, 0.2) is 24.3 Å². The molecule has 3 saturated heterocycles. The molecule has 3 aliphatic heterocycles. The van der Waals surface area contributed by atoms with Gasteiger partial charge in [0.05, 0.1) is 7.11 Å². The van der Waals surface area contributed by atoms with Crippen LogP contribution in [0.2, 0.25) is 0 Å². The highest BCUT2D eigenvalue weighted by Crippen LogP contribution is 2.44. The second kappa shape index (κ2) is 7.03. The van der Waals surface area contributed by atoms with Crippen LogP contribution in [0.4, 0.5) is 0 Å². The lowest BCUT2D eigenvalue weighted by molar-refractivity contribution is -0.236. The lowest BCUT2D eigenvalue weighted by atomic mass is 9.99. The van der Waals surface area contributed by atoms with Gasteiger partial charge >= 0.3 is 11.9 Å². The fourth-order valence-electron chi connectivity index (χ4n) is 3.80. The van der Waals surface area contributed by atoms with Crippen molar-refractivity contribution in [2.45, 2.75) is 70.0 Å². The van der Waals surface area contributed by atoms with Gasteiger partial charge in [-0.15, -0.1) is 0 Å². The zero-order valence-electron chi connectivity index (χ0n) is 16.9. The quantitative estimate of drug-likeness (QED) is 0.547. The molecule has 0 spiro atoms. The Hall–Kier alpha value is -2.04. The molecule has 0 aliphatic carbocycles. The Bertz CT molecular complexity index is 818. The van der Waals surface area contributed by atoms with Gasteiger partial charge < -0.3 is 33.2 Å². The molecular weight excluding hydrogens is 384 g/mol. The molecule has 0 N–H and O–H groups in total. The first-order chi connectivity index (χ1) is 13.6. The van der Waals surface area contributed by atoms with Crippen LogP contribution in [0.25, 0.3) is 0 Å². The monoisotopic (exact) mass is 408 g/mol. The Morgan fingerprint density at radius 1 is 0.897 bits per heavy atom. The van der Waals surface area contributed by atoms with Crippen molar-refractivity contribution in [3.05, 3.63) is 29.8 Å². The van der Waals surface area contributed by atoms with Crippen LogP contribution < -0.4 is 4.74 Å². The number of ether oxygens (including phenoxy) is 7. The summed E-state index contributed by atoms with van der Waals surface area (Å²) in [6.07, 6.45) is -3.85. The van der Waals surface area contributed by atoms with Crippen LogP contribution in [0, 0.1) is 0 Å². The van der Waals surface area contributed by atoms with E-state index in [-0.39, 0.29) is 11.3 Å². The summed E-state index contributed by atoms with van der Waals surface area (Å²) >= 11 is 0. The summed E-state index contributed by atoms with van der Waals surface area (Å²) < 4.78 is 39.7. The Morgan fingerprint density at radius 2 is 1.52 bits per heavy atom. The first-order valence-electron chi connectivity index (χ1n) is 9.36. The van der Waals surface area contributed by atoms with Crippen molar-refractivity contribution >= 4 is 11.9 Å². The number of esters is 2. The van der Waals surface area contributed by atoms with Crippen molar-refractivity contribution in [2.24, 2.45) is 0 Å². The van der Waals surface area contributed by atoms with Crippen molar-refractivity contribution in [3.63, 3.8) is 0 Å². The Kier molecular flexibility index (Phi) is 4.91. The van der Waals surface area contributed by atoms with E-state index in [1.165, 1.54) is 19.2 Å². The number of carbonyl (C=O) groups is 2. The first-order valence-corrected chi connectivity index (χ1v) is 9.36. The van der Waals surface area contributed by atoms with Crippen molar-refractivity contribution in [3.8, 4) is 5.75 Å². The lowest BCUT2D eigenvalue weighted by Crippen LogP contribution is -2.58. The minimum absolute atomic E-state index is 0.0636.